The zero-order valence-electron chi connectivity index (χ0n) is 15.6. The number of rotatable bonds is 8. The predicted molar refractivity (Wildman–Crippen MR) is 97.1 cm³/mol. The summed E-state index contributed by atoms with van der Waals surface area (Å²) >= 11 is 0. The first kappa shape index (κ1) is 21.9. The first-order chi connectivity index (χ1) is 12.7. The van der Waals surface area contributed by atoms with Crippen molar-refractivity contribution in [1.82, 2.24) is 10.2 Å². The normalized spacial score (nSPS) is 11.4. The number of aliphatic carboxylic acids is 1. The molecular formula is C18H25N3O6. The molecule has 0 heterocycles. The number of likely N-dealkylation sites (N-methyl/N-ethyl adjacent to an activating group) is 1. The van der Waals surface area contributed by atoms with Crippen LogP contribution in [0.5, 0.6) is 0 Å². The van der Waals surface area contributed by atoms with Crippen LogP contribution in [0.15, 0.2) is 30.3 Å². The van der Waals surface area contributed by atoms with E-state index in [1.54, 1.807) is 13.8 Å². The number of ether oxygens (including phenoxy) is 2. The molecule has 1 amide bonds. The van der Waals surface area contributed by atoms with Crippen molar-refractivity contribution in [2.45, 2.75) is 33.0 Å². The van der Waals surface area contributed by atoms with E-state index in [1.807, 2.05) is 30.3 Å². The molecule has 0 aliphatic carbocycles. The van der Waals surface area contributed by atoms with Crippen molar-refractivity contribution in [2.75, 3.05) is 13.6 Å². The smallest absolute Gasteiger partial charge is 0.417 e. The van der Waals surface area contributed by atoms with Gasteiger partial charge in [-0.05, 0) is 12.0 Å². The maximum atomic E-state index is 12.0. The number of amides is 1. The van der Waals surface area contributed by atoms with Crippen LogP contribution in [0.4, 0.5) is 4.79 Å². The highest BCUT2D eigenvalue weighted by Gasteiger charge is 2.24. The second-order valence-electron chi connectivity index (χ2n) is 6.22. The number of hydrogen-bond acceptors (Lipinski definition) is 6. The number of guanidine groups is 1. The molecule has 148 valence electrons. The van der Waals surface area contributed by atoms with Crippen LogP contribution >= 0.6 is 0 Å². The van der Waals surface area contributed by atoms with E-state index in [9.17, 15) is 14.4 Å². The number of nitrogens with one attached hydrogen (secondary N) is 2. The zero-order valence-corrected chi connectivity index (χ0v) is 15.6. The maximum Gasteiger partial charge on any atom is 0.417 e. The Morgan fingerprint density at radius 2 is 1.81 bits per heavy atom. The Bertz CT molecular complexity index is 662. The summed E-state index contributed by atoms with van der Waals surface area (Å²) in [5, 5.41) is 18.4. The number of alkyl carbamates (subject to hydrolysis) is 1. The van der Waals surface area contributed by atoms with Gasteiger partial charge in [-0.1, -0.05) is 44.2 Å². The van der Waals surface area contributed by atoms with Crippen LogP contribution in [0.1, 0.15) is 25.8 Å². The van der Waals surface area contributed by atoms with Crippen molar-refractivity contribution >= 4 is 24.0 Å². The second-order valence-corrected chi connectivity index (χ2v) is 6.22. The third-order valence-electron chi connectivity index (χ3n) is 3.45. The van der Waals surface area contributed by atoms with Crippen LogP contribution in [-0.4, -0.2) is 53.9 Å². The Hall–Kier alpha value is -3.10. The summed E-state index contributed by atoms with van der Waals surface area (Å²) in [5.74, 6) is -2.41. The molecular weight excluding hydrogens is 354 g/mol. The Kier molecular flexibility index (Phi) is 8.77. The Morgan fingerprint density at radius 1 is 1.19 bits per heavy atom. The van der Waals surface area contributed by atoms with Gasteiger partial charge in [-0.3, -0.25) is 20.3 Å². The Morgan fingerprint density at radius 3 is 2.37 bits per heavy atom. The Labute approximate surface area is 157 Å². The van der Waals surface area contributed by atoms with Gasteiger partial charge in [0, 0.05) is 19.4 Å². The summed E-state index contributed by atoms with van der Waals surface area (Å²) in [6, 6.07) is 9.43. The monoisotopic (exact) mass is 379 g/mol. The average Bonchev–Trinajstić information content (AvgIpc) is 2.59. The van der Waals surface area contributed by atoms with Gasteiger partial charge in [0.1, 0.15) is 6.54 Å². The van der Waals surface area contributed by atoms with E-state index in [4.69, 9.17) is 20.0 Å². The average molecular weight is 379 g/mol. The number of carboxylic acids is 1. The van der Waals surface area contributed by atoms with Crippen LogP contribution in [-0.2, 0) is 25.5 Å². The number of carbonyl (C=O) groups is 3. The third-order valence-corrected chi connectivity index (χ3v) is 3.45. The predicted octanol–water partition coefficient (Wildman–Crippen LogP) is 1.82. The molecule has 3 N–H and O–H groups in total. The number of benzene rings is 1. The summed E-state index contributed by atoms with van der Waals surface area (Å²) in [6.07, 6.45) is -1.49. The van der Waals surface area contributed by atoms with Gasteiger partial charge in [0.05, 0.1) is 0 Å². The molecule has 1 unspecified atom stereocenters. The van der Waals surface area contributed by atoms with E-state index >= 15 is 0 Å². The zero-order chi connectivity index (χ0) is 20.4. The molecule has 0 saturated carbocycles. The fourth-order valence-corrected chi connectivity index (χ4v) is 1.98. The molecule has 0 spiro atoms. The van der Waals surface area contributed by atoms with Gasteiger partial charge >= 0.3 is 18.0 Å². The highest BCUT2D eigenvalue weighted by Crippen LogP contribution is 2.11. The topological polar surface area (TPSA) is 129 Å². The quantitative estimate of drug-likeness (QED) is 0.272. The molecule has 0 radical (unpaired) electrons. The lowest BCUT2D eigenvalue weighted by Crippen LogP contribution is -2.45. The molecule has 1 aromatic rings. The van der Waals surface area contributed by atoms with Crippen molar-refractivity contribution in [3.8, 4) is 0 Å². The SMILES string of the molecule is CC(C)C(OC(=O)CCc1ccccc1)OC(=O)NC(=N)N(C)CC(=O)O. The number of aryl methyl sites for hydroxylation is 1. The van der Waals surface area contributed by atoms with Gasteiger partial charge in [-0.25, -0.2) is 4.79 Å². The molecule has 9 heteroatoms. The minimum atomic E-state index is -1.15. The number of carbonyl (C=O) groups excluding carboxylic acids is 2. The number of nitrogens with zero attached hydrogens (tertiary/aromatic N) is 1. The molecule has 1 atom stereocenters. The van der Waals surface area contributed by atoms with Gasteiger partial charge in [-0.2, -0.15) is 0 Å². The molecule has 9 nitrogen and oxygen atoms in total. The fourth-order valence-electron chi connectivity index (χ4n) is 1.98. The van der Waals surface area contributed by atoms with E-state index in [0.717, 1.165) is 10.5 Å². The second kappa shape index (κ2) is 10.8. The van der Waals surface area contributed by atoms with E-state index in [0.29, 0.717) is 6.42 Å². The Balaban J connectivity index is 2.50. The molecule has 1 rings (SSSR count). The highest BCUT2D eigenvalue weighted by molar-refractivity contribution is 5.93. The summed E-state index contributed by atoms with van der Waals surface area (Å²) in [5.41, 5.74) is 0.990. The van der Waals surface area contributed by atoms with Crippen LogP contribution in [0.25, 0.3) is 0 Å². The first-order valence-electron chi connectivity index (χ1n) is 8.41. The lowest BCUT2D eigenvalue weighted by molar-refractivity contribution is -0.174. The van der Waals surface area contributed by atoms with Crippen molar-refractivity contribution < 1.29 is 29.0 Å². The number of hydrogen-bond donors (Lipinski definition) is 3. The largest absolute Gasteiger partial charge is 0.480 e. The summed E-state index contributed by atoms with van der Waals surface area (Å²) in [7, 11) is 1.33. The van der Waals surface area contributed by atoms with Gasteiger partial charge in [0.2, 0.25) is 5.96 Å². The first-order valence-corrected chi connectivity index (χ1v) is 8.41. The van der Waals surface area contributed by atoms with Gasteiger partial charge in [0.15, 0.2) is 0 Å². The molecule has 0 saturated heterocycles. The van der Waals surface area contributed by atoms with Crippen LogP contribution in [0.3, 0.4) is 0 Å². The van der Waals surface area contributed by atoms with Crippen molar-refractivity contribution in [1.29, 1.82) is 5.41 Å². The highest BCUT2D eigenvalue weighted by atomic mass is 16.7. The lowest BCUT2D eigenvalue weighted by atomic mass is 10.1. The number of esters is 1. The van der Waals surface area contributed by atoms with Crippen LogP contribution in [0, 0.1) is 11.3 Å². The lowest BCUT2D eigenvalue weighted by Gasteiger charge is -2.23. The van der Waals surface area contributed by atoms with Crippen LogP contribution < -0.4 is 5.32 Å². The minimum absolute atomic E-state index is 0.134. The third kappa shape index (κ3) is 8.70. The van der Waals surface area contributed by atoms with E-state index in [-0.39, 0.29) is 12.3 Å². The van der Waals surface area contributed by atoms with Crippen molar-refractivity contribution in [2.24, 2.45) is 5.92 Å². The molecule has 0 aliphatic rings. The molecule has 1 aromatic carbocycles. The van der Waals surface area contributed by atoms with Gasteiger partial charge in [-0.15, -0.1) is 0 Å². The minimum Gasteiger partial charge on any atom is -0.480 e. The molecule has 27 heavy (non-hydrogen) atoms. The van der Waals surface area contributed by atoms with E-state index in [1.165, 1.54) is 7.05 Å². The summed E-state index contributed by atoms with van der Waals surface area (Å²) in [6.45, 7) is 2.97. The van der Waals surface area contributed by atoms with Crippen molar-refractivity contribution in [3.63, 3.8) is 0 Å². The summed E-state index contributed by atoms with van der Waals surface area (Å²) in [4.78, 5) is 35.5. The standard InChI is InChI=1S/C18H25N3O6/c1-12(2)16(26-15(24)10-9-13-7-5-4-6-8-13)27-18(25)20-17(19)21(3)11-14(22)23/h4-8,12,16H,9-11H2,1-3H3,(H,22,23)(H2,19,20,25). The molecule has 0 bridgehead atoms. The van der Waals surface area contributed by atoms with Crippen LogP contribution in [0.2, 0.25) is 0 Å². The van der Waals surface area contributed by atoms with Crippen molar-refractivity contribution in [3.05, 3.63) is 35.9 Å². The number of carboxylic acid groups (broad SMARTS) is 1. The summed E-state index contributed by atoms with van der Waals surface area (Å²) < 4.78 is 10.3. The van der Waals surface area contributed by atoms with Gasteiger partial charge in [0.25, 0.3) is 6.29 Å². The maximum absolute atomic E-state index is 12.0. The van der Waals surface area contributed by atoms with E-state index < -0.39 is 36.8 Å². The molecule has 0 aliphatic heterocycles. The fraction of sp³-hybridized carbons (Fsp3) is 0.444. The van der Waals surface area contributed by atoms with E-state index in [2.05, 4.69) is 5.32 Å². The molecule has 0 aromatic heterocycles. The van der Waals surface area contributed by atoms with Gasteiger partial charge < -0.3 is 19.5 Å². The molecule has 0 fully saturated rings.